The van der Waals surface area contributed by atoms with E-state index in [4.69, 9.17) is 4.74 Å². The number of nitrogens with zero attached hydrogens (tertiary/aromatic N) is 1. The molecule has 1 aromatic heterocycles. The van der Waals surface area contributed by atoms with Crippen LogP contribution in [-0.2, 0) is 12.8 Å². The fraction of sp³-hybridized carbons (Fsp3) is 0.353. The number of anilines is 1. The van der Waals surface area contributed by atoms with Crippen molar-refractivity contribution < 1.29 is 4.74 Å². The maximum atomic E-state index is 5.75. The van der Waals surface area contributed by atoms with Gasteiger partial charge in [-0.25, -0.2) is 4.98 Å². The molecule has 2 aromatic rings. The number of pyridine rings is 1. The van der Waals surface area contributed by atoms with Gasteiger partial charge in [0.05, 0.1) is 6.61 Å². The van der Waals surface area contributed by atoms with E-state index in [1.165, 1.54) is 11.1 Å². The smallest absolute Gasteiger partial charge is 0.168 e. The molecule has 0 saturated heterocycles. The zero-order valence-electron chi connectivity index (χ0n) is 11.8. The van der Waals surface area contributed by atoms with E-state index in [-0.39, 0.29) is 0 Å². The number of rotatable bonds is 5. The highest BCUT2D eigenvalue weighted by molar-refractivity contribution is 5.51. The summed E-state index contributed by atoms with van der Waals surface area (Å²) < 4.78 is 5.75. The summed E-state index contributed by atoms with van der Waals surface area (Å²) in [7, 11) is 0. The van der Waals surface area contributed by atoms with E-state index < -0.39 is 0 Å². The second kappa shape index (κ2) is 5.95. The van der Waals surface area contributed by atoms with Crippen LogP contribution in [0.2, 0.25) is 0 Å². The number of hydrogen-bond acceptors (Lipinski definition) is 3. The summed E-state index contributed by atoms with van der Waals surface area (Å²) in [6.07, 6.45) is 4.92. The van der Waals surface area contributed by atoms with Gasteiger partial charge in [0, 0.05) is 12.2 Å². The van der Waals surface area contributed by atoms with Crippen LogP contribution in [0, 0.1) is 0 Å². The van der Waals surface area contributed by atoms with Gasteiger partial charge in [-0.2, -0.15) is 0 Å². The minimum atomic E-state index is 0.409. The Labute approximate surface area is 120 Å². The molecular weight excluding hydrogens is 248 g/mol. The van der Waals surface area contributed by atoms with Gasteiger partial charge in [-0.1, -0.05) is 31.2 Å². The molecule has 3 heteroatoms. The largest absolute Gasteiger partial charge is 0.490 e. The summed E-state index contributed by atoms with van der Waals surface area (Å²) in [5, 5.41) is 3.53. The normalized spacial score (nSPS) is 14.1. The first-order valence-electron chi connectivity index (χ1n) is 7.28. The number of ether oxygens (including phenoxy) is 1. The summed E-state index contributed by atoms with van der Waals surface area (Å²) in [6, 6.07) is 12.9. The highest BCUT2D eigenvalue weighted by Crippen LogP contribution is 2.27. The predicted octanol–water partition coefficient (Wildman–Crippen LogP) is 3.45. The van der Waals surface area contributed by atoms with Crippen molar-refractivity contribution in [3.8, 4) is 5.75 Å². The molecule has 0 fully saturated rings. The lowest BCUT2D eigenvalue weighted by molar-refractivity contribution is 0.317. The lowest BCUT2D eigenvalue weighted by Crippen LogP contribution is -2.20. The Morgan fingerprint density at radius 1 is 1.15 bits per heavy atom. The van der Waals surface area contributed by atoms with Gasteiger partial charge in [0.25, 0.3) is 0 Å². The van der Waals surface area contributed by atoms with E-state index in [0.717, 1.165) is 37.4 Å². The average molecular weight is 268 g/mol. The molecule has 0 bridgehead atoms. The summed E-state index contributed by atoms with van der Waals surface area (Å²) in [5.74, 6) is 1.71. The molecule has 1 aliphatic rings. The van der Waals surface area contributed by atoms with Gasteiger partial charge in [-0.05, 0) is 42.5 Å². The topological polar surface area (TPSA) is 34.1 Å². The molecule has 1 aliphatic carbocycles. The first-order valence-corrected chi connectivity index (χ1v) is 7.28. The highest BCUT2D eigenvalue weighted by atomic mass is 16.5. The van der Waals surface area contributed by atoms with Crippen LogP contribution in [0.5, 0.6) is 5.75 Å². The Kier molecular flexibility index (Phi) is 3.86. The van der Waals surface area contributed by atoms with E-state index in [0.29, 0.717) is 6.04 Å². The van der Waals surface area contributed by atoms with Crippen molar-refractivity contribution in [2.45, 2.75) is 32.2 Å². The van der Waals surface area contributed by atoms with Gasteiger partial charge in [-0.3, -0.25) is 0 Å². The molecule has 3 rings (SSSR count). The monoisotopic (exact) mass is 268 g/mol. The first-order chi connectivity index (χ1) is 9.86. The molecule has 0 unspecified atom stereocenters. The van der Waals surface area contributed by atoms with Crippen LogP contribution in [0.25, 0.3) is 0 Å². The van der Waals surface area contributed by atoms with E-state index >= 15 is 0 Å². The molecule has 1 N–H and O–H groups in total. The molecule has 20 heavy (non-hydrogen) atoms. The van der Waals surface area contributed by atoms with Crippen molar-refractivity contribution in [2.75, 3.05) is 11.9 Å². The van der Waals surface area contributed by atoms with Crippen molar-refractivity contribution in [2.24, 2.45) is 0 Å². The minimum Gasteiger partial charge on any atom is -0.490 e. The molecule has 3 nitrogen and oxygen atoms in total. The van der Waals surface area contributed by atoms with E-state index in [2.05, 4.69) is 41.5 Å². The van der Waals surface area contributed by atoms with Crippen molar-refractivity contribution in [3.05, 3.63) is 53.7 Å². The molecule has 104 valence electrons. The first kappa shape index (κ1) is 13.0. The molecule has 0 radical (unpaired) electrons. The van der Waals surface area contributed by atoms with Crippen LogP contribution in [0.3, 0.4) is 0 Å². The van der Waals surface area contributed by atoms with Crippen LogP contribution in [-0.4, -0.2) is 17.6 Å². The van der Waals surface area contributed by atoms with Gasteiger partial charge in [0.1, 0.15) is 0 Å². The van der Waals surface area contributed by atoms with Crippen LogP contribution in [0.4, 0.5) is 5.82 Å². The maximum Gasteiger partial charge on any atom is 0.168 e. The Morgan fingerprint density at radius 3 is 2.60 bits per heavy atom. The third kappa shape index (κ3) is 2.77. The lowest BCUT2D eigenvalue weighted by Gasteiger charge is -2.16. The zero-order chi connectivity index (χ0) is 13.8. The molecule has 0 atom stereocenters. The van der Waals surface area contributed by atoms with Gasteiger partial charge in [0.2, 0.25) is 0 Å². The highest BCUT2D eigenvalue weighted by Gasteiger charge is 2.21. The zero-order valence-corrected chi connectivity index (χ0v) is 11.8. The van der Waals surface area contributed by atoms with Crippen molar-refractivity contribution >= 4 is 5.82 Å². The van der Waals surface area contributed by atoms with E-state index in [1.54, 1.807) is 0 Å². The minimum absolute atomic E-state index is 0.409. The van der Waals surface area contributed by atoms with Crippen LogP contribution in [0.15, 0.2) is 42.6 Å². The second-order valence-electron chi connectivity index (χ2n) is 5.22. The Morgan fingerprint density at radius 2 is 1.90 bits per heavy atom. The molecule has 0 saturated carbocycles. The van der Waals surface area contributed by atoms with Gasteiger partial charge < -0.3 is 10.1 Å². The Bertz CT molecular complexity index is 558. The predicted molar refractivity (Wildman–Crippen MR) is 81.3 cm³/mol. The molecule has 1 aromatic carbocycles. The van der Waals surface area contributed by atoms with Crippen LogP contribution in [0.1, 0.15) is 24.5 Å². The third-order valence-electron chi connectivity index (χ3n) is 3.62. The molecule has 0 aliphatic heterocycles. The number of nitrogens with one attached hydrogen (secondary N) is 1. The molecular formula is C17H20N2O. The summed E-state index contributed by atoms with van der Waals surface area (Å²) >= 11 is 0. The van der Waals surface area contributed by atoms with Crippen LogP contribution < -0.4 is 10.1 Å². The number of fused-ring (bicyclic) bond motifs is 1. The Hall–Kier alpha value is -2.03. The van der Waals surface area contributed by atoms with Crippen LogP contribution >= 0.6 is 0 Å². The fourth-order valence-electron chi connectivity index (χ4n) is 2.68. The second-order valence-corrected chi connectivity index (χ2v) is 5.22. The van der Waals surface area contributed by atoms with E-state index in [1.807, 2.05) is 18.3 Å². The molecule has 1 heterocycles. The standard InChI is InChI=1S/C17H20N2O/c1-2-10-20-16-8-5-9-18-17(16)19-15-11-13-6-3-4-7-14(13)12-15/h3-9,15H,2,10-12H2,1H3,(H,18,19). The Balaban J connectivity index is 1.70. The van der Waals surface area contributed by atoms with Crippen molar-refractivity contribution in [3.63, 3.8) is 0 Å². The average Bonchev–Trinajstić information content (AvgIpc) is 2.88. The fourth-order valence-corrected chi connectivity index (χ4v) is 2.68. The lowest BCUT2D eigenvalue weighted by atomic mass is 10.1. The van der Waals surface area contributed by atoms with E-state index in [9.17, 15) is 0 Å². The van der Waals surface area contributed by atoms with Crippen molar-refractivity contribution in [1.82, 2.24) is 4.98 Å². The third-order valence-corrected chi connectivity index (χ3v) is 3.62. The number of benzene rings is 1. The van der Waals surface area contributed by atoms with Crippen molar-refractivity contribution in [1.29, 1.82) is 0 Å². The maximum absolute atomic E-state index is 5.75. The summed E-state index contributed by atoms with van der Waals surface area (Å²) in [6.45, 7) is 2.84. The SMILES string of the molecule is CCCOc1cccnc1NC1Cc2ccccc2C1. The van der Waals surface area contributed by atoms with Gasteiger partial charge >= 0.3 is 0 Å². The number of aromatic nitrogens is 1. The summed E-state index contributed by atoms with van der Waals surface area (Å²) in [5.41, 5.74) is 2.88. The quantitative estimate of drug-likeness (QED) is 0.902. The summed E-state index contributed by atoms with van der Waals surface area (Å²) in [4.78, 5) is 4.42. The van der Waals surface area contributed by atoms with Gasteiger partial charge in [-0.15, -0.1) is 0 Å². The van der Waals surface area contributed by atoms with Gasteiger partial charge in [0.15, 0.2) is 11.6 Å². The molecule has 0 amide bonds. The number of hydrogen-bond donors (Lipinski definition) is 1. The molecule has 0 spiro atoms.